The summed E-state index contributed by atoms with van der Waals surface area (Å²) in [5, 5.41) is 6.84. The molecule has 0 aliphatic carbocycles. The third-order valence-electron chi connectivity index (χ3n) is 4.22. The topological polar surface area (TPSA) is 67.1 Å². The zero-order valence-corrected chi connectivity index (χ0v) is 17.8. The van der Waals surface area contributed by atoms with Crippen LogP contribution in [0.3, 0.4) is 0 Å². The van der Waals surface area contributed by atoms with Crippen LogP contribution in [0.25, 0.3) is 5.82 Å². The molecular formula is C17H25IN6S. The molecule has 0 aromatic carbocycles. The summed E-state index contributed by atoms with van der Waals surface area (Å²) in [5.41, 5.74) is 1.10. The van der Waals surface area contributed by atoms with Gasteiger partial charge in [0, 0.05) is 49.0 Å². The maximum atomic E-state index is 4.46. The molecule has 2 aromatic rings. The van der Waals surface area contributed by atoms with Crippen LogP contribution in [-0.2, 0) is 6.54 Å². The maximum Gasteiger partial charge on any atom is 0.191 e. The van der Waals surface area contributed by atoms with Crippen molar-refractivity contribution < 1.29 is 0 Å². The van der Waals surface area contributed by atoms with Crippen molar-refractivity contribution >= 4 is 41.7 Å². The molecule has 1 aliphatic rings. The third kappa shape index (κ3) is 5.34. The highest BCUT2D eigenvalue weighted by atomic mass is 127. The standard InChI is InChI=1S/C17H24N6S.HI/c1-17(6-4-10-24-17)12-22-16(18-2)21-11-14-5-3-7-20-15(14)23-9-8-19-13-23;/h3,5,7-9,13H,4,6,10-12H2,1-2H3,(H2,18,21,22);1H. The molecule has 3 heterocycles. The zero-order valence-electron chi connectivity index (χ0n) is 14.6. The molecule has 0 radical (unpaired) electrons. The number of rotatable bonds is 5. The molecule has 0 bridgehead atoms. The van der Waals surface area contributed by atoms with Crippen LogP contribution in [0.5, 0.6) is 0 Å². The first-order valence-electron chi connectivity index (χ1n) is 8.21. The first-order chi connectivity index (χ1) is 11.7. The molecule has 1 atom stereocenters. The van der Waals surface area contributed by atoms with Gasteiger partial charge in [-0.15, -0.1) is 24.0 Å². The number of hydrogen-bond acceptors (Lipinski definition) is 4. The Bertz CT molecular complexity index is 682. The minimum atomic E-state index is 0. The average Bonchev–Trinajstić information content (AvgIpc) is 3.27. The summed E-state index contributed by atoms with van der Waals surface area (Å²) >= 11 is 2.05. The molecule has 136 valence electrons. The van der Waals surface area contributed by atoms with Crippen LogP contribution in [0, 0.1) is 0 Å². The molecule has 3 rings (SSSR count). The van der Waals surface area contributed by atoms with E-state index in [1.54, 1.807) is 25.8 Å². The first kappa shape index (κ1) is 20.0. The first-order valence-corrected chi connectivity index (χ1v) is 9.19. The normalized spacial score (nSPS) is 20.2. The van der Waals surface area contributed by atoms with E-state index in [1.807, 2.05) is 28.6 Å². The predicted octanol–water partition coefficient (Wildman–Crippen LogP) is 2.84. The van der Waals surface area contributed by atoms with Crippen LogP contribution in [0.1, 0.15) is 25.3 Å². The summed E-state index contributed by atoms with van der Waals surface area (Å²) in [7, 11) is 1.81. The number of pyridine rings is 1. The second-order valence-corrected chi connectivity index (χ2v) is 7.82. The van der Waals surface area contributed by atoms with Crippen LogP contribution in [0.4, 0.5) is 0 Å². The largest absolute Gasteiger partial charge is 0.355 e. The molecule has 2 N–H and O–H groups in total. The van der Waals surface area contributed by atoms with Gasteiger partial charge in [-0.25, -0.2) is 9.97 Å². The number of hydrogen-bond donors (Lipinski definition) is 2. The molecule has 0 amide bonds. The van der Waals surface area contributed by atoms with Crippen LogP contribution in [0.15, 0.2) is 42.0 Å². The van der Waals surface area contributed by atoms with Gasteiger partial charge in [0.05, 0.1) is 0 Å². The number of nitrogens with zero attached hydrogens (tertiary/aromatic N) is 4. The molecular weight excluding hydrogens is 447 g/mol. The summed E-state index contributed by atoms with van der Waals surface area (Å²) in [6, 6.07) is 4.01. The minimum Gasteiger partial charge on any atom is -0.355 e. The Labute approximate surface area is 170 Å². The van der Waals surface area contributed by atoms with Gasteiger partial charge in [0.15, 0.2) is 5.96 Å². The van der Waals surface area contributed by atoms with E-state index in [4.69, 9.17) is 0 Å². The fourth-order valence-electron chi connectivity index (χ4n) is 2.83. The predicted molar refractivity (Wildman–Crippen MR) is 115 cm³/mol. The van der Waals surface area contributed by atoms with Crippen molar-refractivity contribution in [1.82, 2.24) is 25.2 Å². The molecule has 1 aliphatic heterocycles. The Hall–Kier alpha value is -1.29. The molecule has 8 heteroatoms. The SMILES string of the molecule is CN=C(NCc1cccnc1-n1ccnc1)NCC1(C)CCCS1.I. The number of aromatic nitrogens is 3. The molecule has 0 spiro atoms. The van der Waals surface area contributed by atoms with Crippen molar-refractivity contribution in [1.29, 1.82) is 0 Å². The summed E-state index contributed by atoms with van der Waals surface area (Å²) in [4.78, 5) is 12.9. The number of aliphatic imine (C=N–C) groups is 1. The lowest BCUT2D eigenvalue weighted by Crippen LogP contribution is -2.43. The number of imidazole rings is 1. The highest BCUT2D eigenvalue weighted by molar-refractivity contribution is 14.0. The summed E-state index contributed by atoms with van der Waals surface area (Å²) < 4.78 is 2.23. The van der Waals surface area contributed by atoms with Gasteiger partial charge in [-0.1, -0.05) is 6.07 Å². The summed E-state index contributed by atoms with van der Waals surface area (Å²) in [6.07, 6.45) is 9.78. The maximum absolute atomic E-state index is 4.46. The zero-order chi connectivity index (χ0) is 16.8. The molecule has 1 saturated heterocycles. The van der Waals surface area contributed by atoms with Crippen LogP contribution >= 0.6 is 35.7 Å². The fraction of sp³-hybridized carbons (Fsp3) is 0.471. The van der Waals surface area contributed by atoms with Crippen molar-refractivity contribution in [3.05, 3.63) is 42.6 Å². The third-order valence-corrected chi connectivity index (χ3v) is 5.75. The summed E-state index contributed by atoms with van der Waals surface area (Å²) in [6.45, 7) is 3.91. The smallest absolute Gasteiger partial charge is 0.191 e. The molecule has 2 aromatic heterocycles. The van der Waals surface area contributed by atoms with E-state index < -0.39 is 0 Å². The van der Waals surface area contributed by atoms with Crippen molar-refractivity contribution in [2.24, 2.45) is 4.99 Å². The molecule has 0 saturated carbocycles. The van der Waals surface area contributed by atoms with Crippen LogP contribution in [-0.4, -0.2) is 44.6 Å². The number of guanidine groups is 1. The van der Waals surface area contributed by atoms with Crippen molar-refractivity contribution in [2.75, 3.05) is 19.3 Å². The molecule has 25 heavy (non-hydrogen) atoms. The van der Waals surface area contributed by atoms with Crippen LogP contribution < -0.4 is 10.6 Å². The van der Waals surface area contributed by atoms with Gasteiger partial charge < -0.3 is 10.6 Å². The van der Waals surface area contributed by atoms with E-state index in [2.05, 4.69) is 38.6 Å². The van der Waals surface area contributed by atoms with E-state index in [0.717, 1.165) is 23.9 Å². The van der Waals surface area contributed by atoms with Gasteiger partial charge >= 0.3 is 0 Å². The van der Waals surface area contributed by atoms with Gasteiger partial charge in [-0.2, -0.15) is 11.8 Å². The highest BCUT2D eigenvalue weighted by Gasteiger charge is 2.29. The number of thioether (sulfide) groups is 1. The Morgan fingerprint density at radius 3 is 2.96 bits per heavy atom. The van der Waals surface area contributed by atoms with Gasteiger partial charge in [-0.3, -0.25) is 9.56 Å². The summed E-state index contributed by atoms with van der Waals surface area (Å²) in [5.74, 6) is 2.97. The van der Waals surface area contributed by atoms with Gasteiger partial charge in [0.25, 0.3) is 0 Å². The minimum absolute atomic E-state index is 0. The lowest BCUT2D eigenvalue weighted by molar-refractivity contribution is 0.584. The van der Waals surface area contributed by atoms with Gasteiger partial charge in [0.2, 0.25) is 0 Å². The van der Waals surface area contributed by atoms with E-state index in [1.165, 1.54) is 18.6 Å². The van der Waals surface area contributed by atoms with E-state index in [-0.39, 0.29) is 24.0 Å². The monoisotopic (exact) mass is 472 g/mol. The van der Waals surface area contributed by atoms with Crippen LogP contribution in [0.2, 0.25) is 0 Å². The second kappa shape index (κ2) is 9.42. The Balaban J connectivity index is 0.00000225. The van der Waals surface area contributed by atoms with Crippen molar-refractivity contribution in [3.8, 4) is 5.82 Å². The molecule has 6 nitrogen and oxygen atoms in total. The Morgan fingerprint density at radius 1 is 1.40 bits per heavy atom. The van der Waals surface area contributed by atoms with E-state index in [9.17, 15) is 0 Å². The van der Waals surface area contributed by atoms with E-state index in [0.29, 0.717) is 11.3 Å². The fourth-order valence-corrected chi connectivity index (χ4v) is 4.08. The number of halogens is 1. The molecule has 1 fully saturated rings. The Kier molecular flexibility index (Phi) is 7.55. The lowest BCUT2D eigenvalue weighted by Gasteiger charge is -2.24. The van der Waals surface area contributed by atoms with Gasteiger partial charge in [0.1, 0.15) is 12.1 Å². The highest BCUT2D eigenvalue weighted by Crippen LogP contribution is 2.36. The van der Waals surface area contributed by atoms with Gasteiger partial charge in [-0.05, 0) is 31.6 Å². The second-order valence-electron chi connectivity index (χ2n) is 6.14. The van der Waals surface area contributed by atoms with Crippen molar-refractivity contribution in [2.45, 2.75) is 31.1 Å². The van der Waals surface area contributed by atoms with Crippen molar-refractivity contribution in [3.63, 3.8) is 0 Å². The molecule has 1 unspecified atom stereocenters. The van der Waals surface area contributed by atoms with E-state index >= 15 is 0 Å². The average molecular weight is 472 g/mol. The number of nitrogens with one attached hydrogen (secondary N) is 2. The Morgan fingerprint density at radius 2 is 2.28 bits per heavy atom. The quantitative estimate of drug-likeness (QED) is 0.398. The lowest BCUT2D eigenvalue weighted by atomic mass is 10.1.